The van der Waals surface area contributed by atoms with Crippen molar-refractivity contribution in [3.8, 4) is 5.75 Å². The number of imidazole rings is 1. The maximum atomic E-state index is 10.8. The van der Waals surface area contributed by atoms with E-state index in [0.717, 1.165) is 29.1 Å². The first-order valence-electron chi connectivity index (χ1n) is 7.50. The maximum absolute atomic E-state index is 10.8. The van der Waals surface area contributed by atoms with Crippen LogP contribution in [0.4, 0.5) is 5.69 Å². The van der Waals surface area contributed by atoms with Gasteiger partial charge in [-0.05, 0) is 30.2 Å². The zero-order chi connectivity index (χ0) is 16.2. The highest BCUT2D eigenvalue weighted by atomic mass is 16.6. The molecule has 1 aromatic heterocycles. The summed E-state index contributed by atoms with van der Waals surface area (Å²) in [4.78, 5) is 18.0. The third kappa shape index (κ3) is 3.48. The van der Waals surface area contributed by atoms with Crippen LogP contribution in [-0.4, -0.2) is 21.5 Å². The summed E-state index contributed by atoms with van der Waals surface area (Å²) in [5.41, 5.74) is 2.57. The molecule has 3 rings (SSSR count). The van der Waals surface area contributed by atoms with Gasteiger partial charge in [-0.15, -0.1) is 0 Å². The van der Waals surface area contributed by atoms with E-state index in [1.807, 2.05) is 24.3 Å². The molecule has 23 heavy (non-hydrogen) atoms. The molecule has 2 aromatic carbocycles. The van der Waals surface area contributed by atoms with E-state index < -0.39 is 4.92 Å². The molecular formula is C17H17N3O3. The highest BCUT2D eigenvalue weighted by Crippen LogP contribution is 2.20. The van der Waals surface area contributed by atoms with Crippen LogP contribution in [0.15, 0.2) is 42.5 Å². The zero-order valence-corrected chi connectivity index (χ0v) is 12.8. The van der Waals surface area contributed by atoms with Gasteiger partial charge in [0.05, 0.1) is 22.6 Å². The quantitative estimate of drug-likeness (QED) is 0.554. The second-order valence-electron chi connectivity index (χ2n) is 5.31. The van der Waals surface area contributed by atoms with Crippen LogP contribution in [0.1, 0.15) is 24.7 Å². The van der Waals surface area contributed by atoms with Crippen LogP contribution in [0.2, 0.25) is 0 Å². The summed E-state index contributed by atoms with van der Waals surface area (Å²) in [6.45, 7) is 2.78. The molecule has 1 N–H and O–H groups in total. The van der Waals surface area contributed by atoms with Crippen LogP contribution in [0, 0.1) is 10.1 Å². The van der Waals surface area contributed by atoms with E-state index in [-0.39, 0.29) is 5.69 Å². The summed E-state index contributed by atoms with van der Waals surface area (Å²) in [5.74, 6) is 1.64. The maximum Gasteiger partial charge on any atom is 0.271 e. The summed E-state index contributed by atoms with van der Waals surface area (Å²) in [6, 6.07) is 12.5. The summed E-state index contributed by atoms with van der Waals surface area (Å²) in [6.07, 6.45) is 1.61. The van der Waals surface area contributed by atoms with Crippen molar-refractivity contribution in [2.24, 2.45) is 0 Å². The second kappa shape index (κ2) is 6.48. The molecule has 3 aromatic rings. The number of ether oxygens (including phenoxy) is 1. The SMILES string of the molecule is CCCOc1ccc(Cc2nc3ccc([N+](=O)[O-])cc3[nH]2)cc1. The summed E-state index contributed by atoms with van der Waals surface area (Å²) in [5, 5.41) is 10.8. The van der Waals surface area contributed by atoms with Crippen LogP contribution in [0.25, 0.3) is 11.0 Å². The normalized spacial score (nSPS) is 10.8. The van der Waals surface area contributed by atoms with Gasteiger partial charge in [0, 0.05) is 18.6 Å². The highest BCUT2D eigenvalue weighted by Gasteiger charge is 2.10. The Kier molecular flexibility index (Phi) is 4.23. The molecule has 0 saturated carbocycles. The van der Waals surface area contributed by atoms with Crippen molar-refractivity contribution in [2.75, 3.05) is 6.61 Å². The monoisotopic (exact) mass is 311 g/mol. The second-order valence-corrected chi connectivity index (χ2v) is 5.31. The predicted octanol–water partition coefficient (Wildman–Crippen LogP) is 3.85. The summed E-state index contributed by atoms with van der Waals surface area (Å²) < 4.78 is 5.56. The number of fused-ring (bicyclic) bond motifs is 1. The fourth-order valence-corrected chi connectivity index (χ4v) is 2.36. The first-order valence-corrected chi connectivity index (χ1v) is 7.50. The van der Waals surface area contributed by atoms with Crippen molar-refractivity contribution >= 4 is 16.7 Å². The van der Waals surface area contributed by atoms with E-state index >= 15 is 0 Å². The van der Waals surface area contributed by atoms with Crippen molar-refractivity contribution in [1.29, 1.82) is 0 Å². The van der Waals surface area contributed by atoms with E-state index in [1.54, 1.807) is 6.07 Å². The molecule has 0 spiro atoms. The van der Waals surface area contributed by atoms with Crippen LogP contribution >= 0.6 is 0 Å². The van der Waals surface area contributed by atoms with Gasteiger partial charge in [-0.25, -0.2) is 4.98 Å². The van der Waals surface area contributed by atoms with Gasteiger partial charge >= 0.3 is 0 Å². The molecule has 0 radical (unpaired) electrons. The first kappa shape index (κ1) is 15.0. The van der Waals surface area contributed by atoms with E-state index in [0.29, 0.717) is 18.5 Å². The largest absolute Gasteiger partial charge is 0.494 e. The number of non-ortho nitro benzene ring substituents is 1. The topological polar surface area (TPSA) is 81.1 Å². The average molecular weight is 311 g/mol. The third-order valence-corrected chi connectivity index (χ3v) is 3.49. The lowest BCUT2D eigenvalue weighted by Gasteiger charge is -2.05. The van der Waals surface area contributed by atoms with Gasteiger partial charge in [0.25, 0.3) is 5.69 Å². The average Bonchev–Trinajstić information content (AvgIpc) is 2.95. The van der Waals surface area contributed by atoms with Crippen molar-refractivity contribution in [1.82, 2.24) is 9.97 Å². The van der Waals surface area contributed by atoms with E-state index in [4.69, 9.17) is 4.74 Å². The lowest BCUT2D eigenvalue weighted by Crippen LogP contribution is -1.95. The fourth-order valence-electron chi connectivity index (χ4n) is 2.36. The lowest BCUT2D eigenvalue weighted by molar-refractivity contribution is -0.384. The Bertz CT molecular complexity index is 825. The Labute approximate surface area is 133 Å². The van der Waals surface area contributed by atoms with E-state index in [9.17, 15) is 10.1 Å². The molecule has 1 heterocycles. The number of nitrogens with one attached hydrogen (secondary N) is 1. The van der Waals surface area contributed by atoms with E-state index in [2.05, 4.69) is 16.9 Å². The zero-order valence-electron chi connectivity index (χ0n) is 12.8. The first-order chi connectivity index (χ1) is 11.2. The molecule has 0 bridgehead atoms. The Morgan fingerprint density at radius 3 is 2.70 bits per heavy atom. The molecule has 0 aliphatic rings. The fraction of sp³-hybridized carbons (Fsp3) is 0.235. The number of hydrogen-bond donors (Lipinski definition) is 1. The summed E-state index contributed by atoms with van der Waals surface area (Å²) >= 11 is 0. The van der Waals surface area contributed by atoms with Gasteiger partial charge in [-0.1, -0.05) is 19.1 Å². The van der Waals surface area contributed by atoms with Gasteiger partial charge in [0.15, 0.2) is 0 Å². The molecule has 0 amide bonds. The summed E-state index contributed by atoms with van der Waals surface area (Å²) in [7, 11) is 0. The van der Waals surface area contributed by atoms with E-state index in [1.165, 1.54) is 12.1 Å². The van der Waals surface area contributed by atoms with Crippen molar-refractivity contribution in [2.45, 2.75) is 19.8 Å². The van der Waals surface area contributed by atoms with Gasteiger partial charge in [-0.2, -0.15) is 0 Å². The standard InChI is InChI=1S/C17H17N3O3/c1-2-9-23-14-6-3-12(4-7-14)10-17-18-15-8-5-13(20(21)22)11-16(15)19-17/h3-8,11H,2,9-10H2,1H3,(H,18,19). The van der Waals surface area contributed by atoms with Crippen molar-refractivity contribution in [3.63, 3.8) is 0 Å². The van der Waals surface area contributed by atoms with Crippen molar-refractivity contribution < 1.29 is 9.66 Å². The number of nitro benzene ring substituents is 1. The molecule has 0 aliphatic carbocycles. The number of nitrogens with zero attached hydrogens (tertiary/aromatic N) is 2. The Morgan fingerprint density at radius 2 is 2.00 bits per heavy atom. The Morgan fingerprint density at radius 1 is 1.22 bits per heavy atom. The van der Waals surface area contributed by atoms with Crippen LogP contribution in [0.5, 0.6) is 5.75 Å². The molecule has 0 atom stereocenters. The van der Waals surface area contributed by atoms with Crippen LogP contribution in [-0.2, 0) is 6.42 Å². The van der Waals surface area contributed by atoms with Crippen LogP contribution in [0.3, 0.4) is 0 Å². The molecule has 0 fully saturated rings. The Balaban J connectivity index is 1.77. The molecule has 0 unspecified atom stereocenters. The number of benzene rings is 2. The van der Waals surface area contributed by atoms with Gasteiger partial charge < -0.3 is 9.72 Å². The van der Waals surface area contributed by atoms with Crippen molar-refractivity contribution in [3.05, 3.63) is 64.0 Å². The van der Waals surface area contributed by atoms with Gasteiger partial charge in [0.1, 0.15) is 11.6 Å². The molecule has 6 nitrogen and oxygen atoms in total. The number of nitro groups is 1. The van der Waals surface area contributed by atoms with Gasteiger partial charge in [-0.3, -0.25) is 10.1 Å². The number of aromatic amines is 1. The number of H-pyrrole nitrogens is 1. The van der Waals surface area contributed by atoms with Crippen LogP contribution < -0.4 is 4.74 Å². The molecule has 118 valence electrons. The minimum absolute atomic E-state index is 0.0603. The number of aromatic nitrogens is 2. The minimum atomic E-state index is -0.408. The highest BCUT2D eigenvalue weighted by molar-refractivity contribution is 5.77. The molecule has 6 heteroatoms. The molecular weight excluding hydrogens is 294 g/mol. The smallest absolute Gasteiger partial charge is 0.271 e. The minimum Gasteiger partial charge on any atom is -0.494 e. The third-order valence-electron chi connectivity index (χ3n) is 3.49. The lowest BCUT2D eigenvalue weighted by atomic mass is 10.1. The Hall–Kier alpha value is -2.89. The molecule has 0 saturated heterocycles. The van der Waals surface area contributed by atoms with Gasteiger partial charge in [0.2, 0.25) is 0 Å². The molecule has 0 aliphatic heterocycles. The number of hydrogen-bond acceptors (Lipinski definition) is 4. The number of rotatable bonds is 6. The predicted molar refractivity (Wildman–Crippen MR) is 87.8 cm³/mol.